The van der Waals surface area contributed by atoms with Crippen molar-refractivity contribution in [2.75, 3.05) is 0 Å². The van der Waals surface area contributed by atoms with Crippen LogP contribution in [0.15, 0.2) is 24.3 Å². The summed E-state index contributed by atoms with van der Waals surface area (Å²) < 4.78 is 39.4. The number of nitrogens with one attached hydrogen (secondary N) is 1. The Balaban J connectivity index is 2.80. The molecule has 9 heteroatoms. The lowest BCUT2D eigenvalue weighted by Gasteiger charge is -2.02. The third-order valence-corrected chi connectivity index (χ3v) is 3.41. The Hall–Kier alpha value is -2.09. The summed E-state index contributed by atoms with van der Waals surface area (Å²) in [4.78, 5) is 11.7. The SMILES string of the molecule is N#Cc1c(C(F)(F)F)[nH]c([N+](=O)[O-])c1-c1ccc(I)cc1. The van der Waals surface area contributed by atoms with E-state index >= 15 is 0 Å². The van der Waals surface area contributed by atoms with E-state index in [1.807, 2.05) is 22.6 Å². The fourth-order valence-corrected chi connectivity index (χ4v) is 2.21. The first-order valence-electron chi connectivity index (χ1n) is 5.39. The number of H-pyrrole nitrogens is 1. The first-order chi connectivity index (χ1) is 9.75. The Bertz CT molecular complexity index is 745. The molecule has 108 valence electrons. The molecular formula is C12H5F3IN3O2. The van der Waals surface area contributed by atoms with Crippen molar-refractivity contribution in [3.63, 3.8) is 0 Å². The zero-order chi connectivity index (χ0) is 15.8. The van der Waals surface area contributed by atoms with Gasteiger partial charge in [-0.05, 0) is 45.2 Å². The number of benzene rings is 1. The highest BCUT2D eigenvalue weighted by Crippen LogP contribution is 2.41. The van der Waals surface area contributed by atoms with Gasteiger partial charge < -0.3 is 10.1 Å². The van der Waals surface area contributed by atoms with Crippen LogP contribution in [0.1, 0.15) is 11.3 Å². The average Bonchev–Trinajstić information content (AvgIpc) is 2.79. The lowest BCUT2D eigenvalue weighted by molar-refractivity contribution is -0.388. The number of nitrogens with zero attached hydrogens (tertiary/aromatic N) is 2. The Labute approximate surface area is 129 Å². The third kappa shape index (κ3) is 2.85. The molecule has 5 nitrogen and oxygen atoms in total. The number of halogens is 4. The number of aromatic amines is 1. The number of alkyl halides is 3. The van der Waals surface area contributed by atoms with Gasteiger partial charge in [-0.25, -0.2) is 4.98 Å². The van der Waals surface area contributed by atoms with Crippen LogP contribution in [-0.2, 0) is 6.18 Å². The minimum atomic E-state index is -4.88. The normalized spacial score (nSPS) is 11.2. The fraction of sp³-hybridized carbons (Fsp3) is 0.0833. The van der Waals surface area contributed by atoms with E-state index in [-0.39, 0.29) is 11.1 Å². The zero-order valence-corrected chi connectivity index (χ0v) is 12.2. The lowest BCUT2D eigenvalue weighted by Crippen LogP contribution is -2.07. The molecule has 0 spiro atoms. The highest BCUT2D eigenvalue weighted by atomic mass is 127. The Morgan fingerprint density at radius 2 is 1.86 bits per heavy atom. The molecule has 1 N–H and O–H groups in total. The van der Waals surface area contributed by atoms with Crippen molar-refractivity contribution in [2.24, 2.45) is 0 Å². The van der Waals surface area contributed by atoms with E-state index in [1.165, 1.54) is 18.2 Å². The maximum absolute atomic E-state index is 12.9. The van der Waals surface area contributed by atoms with Gasteiger partial charge in [-0.15, -0.1) is 0 Å². The van der Waals surface area contributed by atoms with Crippen LogP contribution in [0.5, 0.6) is 0 Å². The van der Waals surface area contributed by atoms with Gasteiger partial charge in [-0.3, -0.25) is 0 Å². The van der Waals surface area contributed by atoms with E-state index < -0.39 is 28.2 Å². The van der Waals surface area contributed by atoms with Crippen LogP contribution in [0.25, 0.3) is 11.1 Å². The number of aromatic nitrogens is 1. The number of hydrogen-bond acceptors (Lipinski definition) is 3. The summed E-state index contributed by atoms with van der Waals surface area (Å²) in [6.45, 7) is 0. The molecule has 0 saturated carbocycles. The smallest absolute Gasteiger partial charge is 0.358 e. The molecule has 2 rings (SSSR count). The summed E-state index contributed by atoms with van der Waals surface area (Å²) in [6.07, 6.45) is -4.88. The molecule has 1 aromatic heterocycles. The Morgan fingerprint density at radius 1 is 1.29 bits per heavy atom. The minimum Gasteiger partial charge on any atom is -0.358 e. The van der Waals surface area contributed by atoms with Crippen molar-refractivity contribution in [2.45, 2.75) is 6.18 Å². The van der Waals surface area contributed by atoms with Gasteiger partial charge >= 0.3 is 12.0 Å². The first kappa shape index (κ1) is 15.3. The monoisotopic (exact) mass is 407 g/mol. The molecule has 0 radical (unpaired) electrons. The largest absolute Gasteiger partial charge is 0.454 e. The van der Waals surface area contributed by atoms with Crippen molar-refractivity contribution in [1.29, 1.82) is 5.26 Å². The lowest BCUT2D eigenvalue weighted by atomic mass is 10.0. The van der Waals surface area contributed by atoms with Gasteiger partial charge in [0.25, 0.3) is 0 Å². The molecule has 0 amide bonds. The van der Waals surface area contributed by atoms with Crippen LogP contribution in [-0.4, -0.2) is 9.91 Å². The standard InChI is InChI=1S/C12H5F3IN3O2/c13-12(14,15)10-8(5-17)9(11(18-10)19(20)21)6-1-3-7(16)4-2-6/h1-4,18H. The van der Waals surface area contributed by atoms with Crippen LogP contribution in [0.4, 0.5) is 19.0 Å². The van der Waals surface area contributed by atoms with Gasteiger partial charge in [0, 0.05) is 3.57 Å². The van der Waals surface area contributed by atoms with Crippen molar-refractivity contribution in [3.8, 4) is 17.2 Å². The molecule has 0 atom stereocenters. The van der Waals surface area contributed by atoms with Crippen molar-refractivity contribution < 1.29 is 18.1 Å². The second-order valence-corrected chi connectivity index (χ2v) is 5.22. The summed E-state index contributed by atoms with van der Waals surface area (Å²) in [5.74, 6) is -0.847. The second-order valence-electron chi connectivity index (χ2n) is 3.97. The molecule has 1 heterocycles. The van der Waals surface area contributed by atoms with E-state index in [0.717, 1.165) is 3.57 Å². The van der Waals surface area contributed by atoms with Crippen molar-refractivity contribution in [1.82, 2.24) is 4.98 Å². The molecule has 1 aromatic carbocycles. The zero-order valence-electron chi connectivity index (χ0n) is 10.0. The summed E-state index contributed by atoms with van der Waals surface area (Å²) in [7, 11) is 0. The van der Waals surface area contributed by atoms with Gasteiger partial charge in [0.1, 0.15) is 11.6 Å². The summed E-state index contributed by atoms with van der Waals surface area (Å²) in [5.41, 5.74) is -2.38. The molecule has 0 aliphatic heterocycles. The maximum Gasteiger partial charge on any atom is 0.454 e. The molecule has 2 aromatic rings. The maximum atomic E-state index is 12.9. The van der Waals surface area contributed by atoms with E-state index in [9.17, 15) is 23.3 Å². The molecule has 0 saturated heterocycles. The molecule has 21 heavy (non-hydrogen) atoms. The quantitative estimate of drug-likeness (QED) is 0.463. The molecule has 0 aliphatic rings. The van der Waals surface area contributed by atoms with E-state index in [4.69, 9.17) is 5.26 Å². The van der Waals surface area contributed by atoms with Crippen LogP contribution in [0.3, 0.4) is 0 Å². The molecule has 0 bridgehead atoms. The van der Waals surface area contributed by atoms with Crippen molar-refractivity contribution >= 4 is 28.4 Å². The van der Waals surface area contributed by atoms with E-state index in [1.54, 1.807) is 17.1 Å². The number of nitriles is 1. The van der Waals surface area contributed by atoms with Crippen molar-refractivity contribution in [3.05, 3.63) is 49.2 Å². The van der Waals surface area contributed by atoms with Crippen LogP contribution in [0.2, 0.25) is 0 Å². The van der Waals surface area contributed by atoms with Crippen LogP contribution in [0, 0.1) is 25.0 Å². The first-order valence-corrected chi connectivity index (χ1v) is 6.47. The summed E-state index contributed by atoms with van der Waals surface area (Å²) >= 11 is 1.99. The number of hydrogen-bond donors (Lipinski definition) is 1. The van der Waals surface area contributed by atoms with Crippen LogP contribution >= 0.6 is 22.6 Å². The van der Waals surface area contributed by atoms with E-state index in [0.29, 0.717) is 0 Å². The predicted molar refractivity (Wildman–Crippen MR) is 75.3 cm³/mol. The Kier molecular flexibility index (Phi) is 3.91. The summed E-state index contributed by atoms with van der Waals surface area (Å²) in [6, 6.07) is 7.43. The molecule has 0 aliphatic carbocycles. The van der Waals surface area contributed by atoms with Gasteiger partial charge in [0.15, 0.2) is 0 Å². The molecule has 0 unspecified atom stereocenters. The predicted octanol–water partition coefficient (Wildman–Crippen LogP) is 4.08. The second kappa shape index (κ2) is 5.36. The minimum absolute atomic E-state index is 0.172. The average molecular weight is 407 g/mol. The number of rotatable bonds is 2. The van der Waals surface area contributed by atoms with Gasteiger partial charge in [-0.2, -0.15) is 18.4 Å². The van der Waals surface area contributed by atoms with Gasteiger partial charge in [0.2, 0.25) is 5.69 Å². The van der Waals surface area contributed by atoms with Gasteiger partial charge in [0.05, 0.1) is 5.56 Å². The topological polar surface area (TPSA) is 82.7 Å². The Morgan fingerprint density at radius 3 is 2.29 bits per heavy atom. The van der Waals surface area contributed by atoms with Crippen LogP contribution < -0.4 is 0 Å². The molecule has 0 fully saturated rings. The fourth-order valence-electron chi connectivity index (χ4n) is 1.85. The number of nitro groups is 1. The molecular weight excluding hydrogens is 402 g/mol. The van der Waals surface area contributed by atoms with Gasteiger partial charge in [-0.1, -0.05) is 12.1 Å². The third-order valence-electron chi connectivity index (χ3n) is 2.69. The highest BCUT2D eigenvalue weighted by molar-refractivity contribution is 14.1. The highest BCUT2D eigenvalue weighted by Gasteiger charge is 2.43. The van der Waals surface area contributed by atoms with E-state index in [2.05, 4.69) is 0 Å². The summed E-state index contributed by atoms with van der Waals surface area (Å²) in [5, 5.41) is 19.9.